The third-order valence-corrected chi connectivity index (χ3v) is 2.25. The molecule has 0 bridgehead atoms. The largest absolute Gasteiger partial charge is 0.465 e. The van der Waals surface area contributed by atoms with E-state index in [0.717, 1.165) is 6.42 Å². The Kier molecular flexibility index (Phi) is 3.07. The van der Waals surface area contributed by atoms with E-state index in [9.17, 15) is 4.79 Å². The summed E-state index contributed by atoms with van der Waals surface area (Å²) in [7, 11) is 0. The number of nitrogens with zero attached hydrogens (tertiary/aromatic N) is 1. The Hall–Kier alpha value is -1.30. The average Bonchev–Trinajstić information content (AvgIpc) is 2.19. The maximum Gasteiger partial charge on any atom is 0.326 e. The summed E-state index contributed by atoms with van der Waals surface area (Å²) < 4.78 is 4.88. The van der Waals surface area contributed by atoms with Gasteiger partial charge in [-0.25, -0.2) is 0 Å². The molecule has 0 aromatic carbocycles. The summed E-state index contributed by atoms with van der Waals surface area (Å²) in [5.74, 6) is -0.373. The minimum absolute atomic E-state index is 0.339. The van der Waals surface area contributed by atoms with Crippen molar-refractivity contribution in [2.45, 2.75) is 26.2 Å². The van der Waals surface area contributed by atoms with Crippen molar-refractivity contribution >= 4 is 5.97 Å². The molecule has 0 aromatic heterocycles. The summed E-state index contributed by atoms with van der Waals surface area (Å²) in [5, 5.41) is 8.95. The lowest BCUT2D eigenvalue weighted by atomic mass is 9.78. The Morgan fingerprint density at radius 1 is 1.69 bits per heavy atom. The van der Waals surface area contributed by atoms with Crippen LogP contribution < -0.4 is 0 Å². The molecular weight excluding hydrogens is 166 g/mol. The van der Waals surface area contributed by atoms with Crippen molar-refractivity contribution in [2.75, 3.05) is 6.61 Å². The van der Waals surface area contributed by atoms with E-state index >= 15 is 0 Å². The summed E-state index contributed by atoms with van der Waals surface area (Å²) in [6.45, 7) is 2.09. The van der Waals surface area contributed by atoms with E-state index < -0.39 is 5.41 Å². The van der Waals surface area contributed by atoms with Crippen LogP contribution in [0, 0.1) is 16.7 Å². The zero-order valence-corrected chi connectivity index (χ0v) is 7.75. The molecule has 0 heterocycles. The van der Waals surface area contributed by atoms with Gasteiger partial charge in [-0.15, -0.1) is 0 Å². The highest BCUT2D eigenvalue weighted by Gasteiger charge is 2.39. The molecular formula is C10H13NO2. The highest BCUT2D eigenvalue weighted by Crippen LogP contribution is 2.33. The number of carbonyl (C=O) groups is 1. The predicted molar refractivity (Wildman–Crippen MR) is 47.7 cm³/mol. The van der Waals surface area contributed by atoms with Gasteiger partial charge in [0, 0.05) is 0 Å². The van der Waals surface area contributed by atoms with E-state index in [0.29, 0.717) is 19.4 Å². The smallest absolute Gasteiger partial charge is 0.326 e. The molecule has 0 radical (unpaired) electrons. The molecule has 0 saturated heterocycles. The summed E-state index contributed by atoms with van der Waals surface area (Å²) in [6.07, 6.45) is 5.73. The maximum atomic E-state index is 11.5. The molecule has 0 spiro atoms. The van der Waals surface area contributed by atoms with Gasteiger partial charge in [-0.3, -0.25) is 4.79 Å². The number of nitriles is 1. The fraction of sp³-hybridized carbons (Fsp3) is 0.600. The topological polar surface area (TPSA) is 50.1 Å². The Balaban J connectivity index is 2.76. The first-order valence-electron chi connectivity index (χ1n) is 4.48. The lowest BCUT2D eigenvalue weighted by Crippen LogP contribution is -2.32. The summed E-state index contributed by atoms with van der Waals surface area (Å²) in [4.78, 5) is 11.5. The monoisotopic (exact) mass is 179 g/mol. The van der Waals surface area contributed by atoms with Gasteiger partial charge in [0.05, 0.1) is 12.7 Å². The van der Waals surface area contributed by atoms with Crippen LogP contribution in [0.1, 0.15) is 26.2 Å². The fourth-order valence-electron chi connectivity index (χ4n) is 1.44. The molecule has 0 aliphatic heterocycles. The Bertz CT molecular complexity index is 265. The van der Waals surface area contributed by atoms with Gasteiger partial charge < -0.3 is 4.74 Å². The second-order valence-electron chi connectivity index (χ2n) is 3.13. The van der Waals surface area contributed by atoms with E-state index in [2.05, 4.69) is 6.07 Å². The second kappa shape index (κ2) is 4.08. The molecule has 3 nitrogen and oxygen atoms in total. The standard InChI is InChI=1S/C10H13NO2/c1-2-13-9(12)10(8-11)6-4-3-5-7-10/h3-4H,2,5-7H2,1H3. The van der Waals surface area contributed by atoms with Crippen molar-refractivity contribution in [1.29, 1.82) is 5.26 Å². The number of rotatable bonds is 2. The molecule has 1 atom stereocenters. The van der Waals surface area contributed by atoms with Gasteiger partial charge >= 0.3 is 5.97 Å². The summed E-state index contributed by atoms with van der Waals surface area (Å²) in [6, 6.07) is 2.08. The van der Waals surface area contributed by atoms with Crippen molar-refractivity contribution in [1.82, 2.24) is 0 Å². The number of hydrogen-bond donors (Lipinski definition) is 0. The molecule has 1 unspecified atom stereocenters. The first-order valence-corrected chi connectivity index (χ1v) is 4.48. The van der Waals surface area contributed by atoms with Crippen LogP contribution in [-0.2, 0) is 9.53 Å². The van der Waals surface area contributed by atoms with Crippen LogP contribution in [-0.4, -0.2) is 12.6 Å². The molecule has 0 aromatic rings. The highest BCUT2D eigenvalue weighted by atomic mass is 16.5. The van der Waals surface area contributed by atoms with Crippen LogP contribution in [0.25, 0.3) is 0 Å². The van der Waals surface area contributed by atoms with E-state index in [4.69, 9.17) is 10.00 Å². The van der Waals surface area contributed by atoms with Gasteiger partial charge in [-0.05, 0) is 26.2 Å². The highest BCUT2D eigenvalue weighted by molar-refractivity contribution is 5.80. The first-order chi connectivity index (χ1) is 6.25. The van der Waals surface area contributed by atoms with Crippen LogP contribution >= 0.6 is 0 Å². The van der Waals surface area contributed by atoms with Gasteiger partial charge in [0.15, 0.2) is 5.41 Å². The molecule has 0 saturated carbocycles. The van der Waals surface area contributed by atoms with Gasteiger partial charge in [0.25, 0.3) is 0 Å². The van der Waals surface area contributed by atoms with E-state index in [1.807, 2.05) is 12.2 Å². The maximum absolute atomic E-state index is 11.5. The van der Waals surface area contributed by atoms with Crippen molar-refractivity contribution in [3.05, 3.63) is 12.2 Å². The summed E-state index contributed by atoms with van der Waals surface area (Å²) in [5.41, 5.74) is -0.912. The van der Waals surface area contributed by atoms with Gasteiger partial charge in [-0.1, -0.05) is 12.2 Å². The Labute approximate surface area is 78.0 Å². The quantitative estimate of drug-likeness (QED) is 0.479. The van der Waals surface area contributed by atoms with Gasteiger partial charge in [0.1, 0.15) is 0 Å². The number of allylic oxidation sites excluding steroid dienone is 2. The average molecular weight is 179 g/mol. The van der Waals surface area contributed by atoms with Gasteiger partial charge in [0.2, 0.25) is 0 Å². The van der Waals surface area contributed by atoms with Crippen LogP contribution in [0.4, 0.5) is 0 Å². The van der Waals surface area contributed by atoms with Crippen LogP contribution in [0.15, 0.2) is 12.2 Å². The number of carbonyl (C=O) groups excluding carboxylic acids is 1. The van der Waals surface area contributed by atoms with Crippen LogP contribution in [0.5, 0.6) is 0 Å². The minimum Gasteiger partial charge on any atom is -0.465 e. The Morgan fingerprint density at radius 3 is 2.92 bits per heavy atom. The van der Waals surface area contributed by atoms with Crippen molar-refractivity contribution in [3.63, 3.8) is 0 Å². The molecule has 0 amide bonds. The molecule has 3 heteroatoms. The molecule has 1 aliphatic carbocycles. The molecule has 13 heavy (non-hydrogen) atoms. The van der Waals surface area contributed by atoms with Crippen molar-refractivity contribution in [3.8, 4) is 6.07 Å². The third-order valence-electron chi connectivity index (χ3n) is 2.25. The first kappa shape index (κ1) is 9.79. The molecule has 1 rings (SSSR count). The zero-order chi connectivity index (χ0) is 9.73. The second-order valence-corrected chi connectivity index (χ2v) is 3.13. The Morgan fingerprint density at radius 2 is 2.46 bits per heavy atom. The molecule has 1 aliphatic rings. The SMILES string of the molecule is CCOC(=O)C1(C#N)CC=CCC1. The van der Waals surface area contributed by atoms with E-state index in [-0.39, 0.29) is 5.97 Å². The normalized spacial score (nSPS) is 26.5. The van der Waals surface area contributed by atoms with E-state index in [1.165, 1.54) is 0 Å². The molecule has 0 N–H and O–H groups in total. The molecule has 70 valence electrons. The summed E-state index contributed by atoms with van der Waals surface area (Å²) >= 11 is 0. The van der Waals surface area contributed by atoms with Crippen LogP contribution in [0.3, 0.4) is 0 Å². The fourth-order valence-corrected chi connectivity index (χ4v) is 1.44. The zero-order valence-electron chi connectivity index (χ0n) is 7.75. The van der Waals surface area contributed by atoms with Gasteiger partial charge in [-0.2, -0.15) is 5.26 Å². The van der Waals surface area contributed by atoms with Crippen LogP contribution in [0.2, 0.25) is 0 Å². The lowest BCUT2D eigenvalue weighted by molar-refractivity contribution is -0.152. The third kappa shape index (κ3) is 1.89. The van der Waals surface area contributed by atoms with Crippen molar-refractivity contribution in [2.24, 2.45) is 5.41 Å². The number of hydrogen-bond acceptors (Lipinski definition) is 3. The van der Waals surface area contributed by atoms with Crippen molar-refractivity contribution < 1.29 is 9.53 Å². The minimum atomic E-state index is -0.912. The number of ether oxygens (including phenoxy) is 1. The molecule has 0 fully saturated rings. The lowest BCUT2D eigenvalue weighted by Gasteiger charge is -2.24. The predicted octanol–water partition coefficient (Wildman–Crippen LogP) is 1.80. The van der Waals surface area contributed by atoms with E-state index in [1.54, 1.807) is 6.92 Å². The number of esters is 1.